The van der Waals surface area contributed by atoms with Crippen LogP contribution >= 0.6 is 11.3 Å². The van der Waals surface area contributed by atoms with Gasteiger partial charge in [0.1, 0.15) is 0 Å². The number of nitrogens with one attached hydrogen (secondary N) is 1. The summed E-state index contributed by atoms with van der Waals surface area (Å²) in [4.78, 5) is 1.55. The molecule has 1 unspecified atom stereocenters. The zero-order chi connectivity index (χ0) is 11.0. The van der Waals surface area contributed by atoms with Crippen LogP contribution in [-0.4, -0.2) is 6.54 Å². The first-order valence-electron chi connectivity index (χ1n) is 5.71. The van der Waals surface area contributed by atoms with E-state index in [1.54, 1.807) is 4.88 Å². The molecular weight excluding hydrogens is 214 g/mol. The summed E-state index contributed by atoms with van der Waals surface area (Å²) >= 11 is 1.89. The first-order valence-corrected chi connectivity index (χ1v) is 6.59. The molecule has 0 radical (unpaired) electrons. The molecule has 0 bridgehead atoms. The van der Waals surface area contributed by atoms with Crippen molar-refractivity contribution in [2.24, 2.45) is 0 Å². The molecule has 2 heteroatoms. The Labute approximate surface area is 100 Å². The minimum atomic E-state index is 0.398. The van der Waals surface area contributed by atoms with Crippen molar-refractivity contribution in [2.75, 3.05) is 6.54 Å². The van der Waals surface area contributed by atoms with Gasteiger partial charge in [0.05, 0.1) is 6.04 Å². The van der Waals surface area contributed by atoms with Gasteiger partial charge in [-0.05, 0) is 35.9 Å². The Hall–Kier alpha value is -1.12. The second-order valence-corrected chi connectivity index (χ2v) is 5.35. The highest BCUT2D eigenvalue weighted by molar-refractivity contribution is 7.10. The number of benzene rings is 1. The van der Waals surface area contributed by atoms with Gasteiger partial charge in [-0.3, -0.25) is 0 Å². The van der Waals surface area contributed by atoms with E-state index in [2.05, 4.69) is 48.0 Å². The van der Waals surface area contributed by atoms with Crippen LogP contribution in [0.1, 0.15) is 27.6 Å². The van der Waals surface area contributed by atoms with Crippen LogP contribution in [0.3, 0.4) is 0 Å². The van der Waals surface area contributed by atoms with Crippen LogP contribution in [-0.2, 0) is 6.42 Å². The highest BCUT2D eigenvalue weighted by Crippen LogP contribution is 2.32. The number of fused-ring (bicyclic) bond motifs is 1. The first-order chi connectivity index (χ1) is 7.84. The van der Waals surface area contributed by atoms with E-state index in [9.17, 15) is 0 Å². The van der Waals surface area contributed by atoms with Crippen LogP contribution in [0.15, 0.2) is 35.7 Å². The molecule has 0 aliphatic carbocycles. The second-order valence-electron chi connectivity index (χ2n) is 4.35. The molecule has 1 aliphatic rings. The fourth-order valence-corrected chi connectivity index (χ4v) is 3.32. The smallest absolute Gasteiger partial charge is 0.0587 e. The molecule has 2 heterocycles. The molecule has 1 nitrogen and oxygen atoms in total. The summed E-state index contributed by atoms with van der Waals surface area (Å²) in [6, 6.07) is 11.5. The van der Waals surface area contributed by atoms with E-state index in [-0.39, 0.29) is 0 Å². The normalized spacial score (nSPS) is 19.4. The third kappa shape index (κ3) is 1.68. The van der Waals surface area contributed by atoms with E-state index in [0.29, 0.717) is 6.04 Å². The molecule has 1 N–H and O–H groups in total. The van der Waals surface area contributed by atoms with Crippen molar-refractivity contribution in [2.45, 2.75) is 19.4 Å². The summed E-state index contributed by atoms with van der Waals surface area (Å²) in [5.41, 5.74) is 4.20. The van der Waals surface area contributed by atoms with Crippen LogP contribution in [0.25, 0.3) is 0 Å². The van der Waals surface area contributed by atoms with Crippen molar-refractivity contribution in [3.63, 3.8) is 0 Å². The molecule has 1 aliphatic heterocycles. The fourth-order valence-electron chi connectivity index (χ4n) is 2.40. The molecule has 0 saturated heterocycles. The summed E-state index contributed by atoms with van der Waals surface area (Å²) in [6.07, 6.45) is 1.18. The van der Waals surface area contributed by atoms with Crippen LogP contribution in [0, 0.1) is 6.92 Å². The van der Waals surface area contributed by atoms with E-state index in [1.807, 2.05) is 11.3 Å². The van der Waals surface area contributed by atoms with Crippen molar-refractivity contribution in [1.29, 1.82) is 0 Å². The number of thiophene rings is 1. The third-order valence-corrected chi connectivity index (χ3v) is 4.16. The highest BCUT2D eigenvalue weighted by Gasteiger charge is 2.21. The number of hydrogen-bond acceptors (Lipinski definition) is 2. The van der Waals surface area contributed by atoms with Gasteiger partial charge in [0, 0.05) is 11.4 Å². The molecular formula is C14H15NS. The zero-order valence-corrected chi connectivity index (χ0v) is 10.2. The predicted molar refractivity (Wildman–Crippen MR) is 69.0 cm³/mol. The van der Waals surface area contributed by atoms with E-state index in [0.717, 1.165) is 6.54 Å². The van der Waals surface area contributed by atoms with Gasteiger partial charge in [0.2, 0.25) is 0 Å². The van der Waals surface area contributed by atoms with Crippen molar-refractivity contribution < 1.29 is 0 Å². The lowest BCUT2D eigenvalue weighted by atomic mass is 9.94. The Morgan fingerprint density at radius 2 is 2.25 bits per heavy atom. The van der Waals surface area contributed by atoms with E-state index in [1.165, 1.54) is 23.1 Å². The molecule has 2 aromatic rings. The maximum Gasteiger partial charge on any atom is 0.0587 e. The number of rotatable bonds is 1. The van der Waals surface area contributed by atoms with Crippen LogP contribution in [0.2, 0.25) is 0 Å². The molecule has 1 aromatic carbocycles. The summed E-state index contributed by atoms with van der Waals surface area (Å²) in [7, 11) is 0. The molecule has 0 amide bonds. The Kier molecular flexibility index (Phi) is 2.54. The summed E-state index contributed by atoms with van der Waals surface area (Å²) in [5.74, 6) is 0. The van der Waals surface area contributed by atoms with Gasteiger partial charge in [-0.15, -0.1) is 11.3 Å². The number of aryl methyl sites for hydroxylation is 1. The van der Waals surface area contributed by atoms with Gasteiger partial charge in [-0.25, -0.2) is 0 Å². The minimum Gasteiger partial charge on any atom is -0.306 e. The summed E-state index contributed by atoms with van der Waals surface area (Å²) in [5, 5.41) is 5.82. The Bertz CT molecular complexity index is 501. The topological polar surface area (TPSA) is 12.0 Å². The average Bonchev–Trinajstić information content (AvgIpc) is 2.76. The van der Waals surface area contributed by atoms with Crippen LogP contribution < -0.4 is 5.32 Å². The lowest BCUT2D eigenvalue weighted by molar-refractivity contribution is 0.574. The maximum atomic E-state index is 3.61. The van der Waals surface area contributed by atoms with E-state index in [4.69, 9.17) is 0 Å². The van der Waals surface area contributed by atoms with Gasteiger partial charge in [-0.2, -0.15) is 0 Å². The molecule has 1 atom stereocenters. The van der Waals surface area contributed by atoms with Crippen molar-refractivity contribution >= 4 is 11.3 Å². The van der Waals surface area contributed by atoms with Crippen LogP contribution in [0.5, 0.6) is 0 Å². The quantitative estimate of drug-likeness (QED) is 0.791. The molecule has 0 fully saturated rings. The van der Waals surface area contributed by atoms with E-state index >= 15 is 0 Å². The van der Waals surface area contributed by atoms with Crippen LogP contribution in [0.4, 0.5) is 0 Å². The molecule has 1 aromatic heterocycles. The standard InChI is InChI=1S/C14H15NS/c1-10-3-2-4-11(9-10)14-12-6-8-16-13(12)5-7-15-14/h2-4,6,8-9,14-15H,5,7H2,1H3. The number of hydrogen-bond donors (Lipinski definition) is 1. The Balaban J connectivity index is 2.04. The maximum absolute atomic E-state index is 3.61. The molecule has 16 heavy (non-hydrogen) atoms. The largest absolute Gasteiger partial charge is 0.306 e. The van der Waals surface area contributed by atoms with Gasteiger partial charge < -0.3 is 5.32 Å². The van der Waals surface area contributed by atoms with Crippen molar-refractivity contribution in [3.05, 3.63) is 57.3 Å². The second kappa shape index (κ2) is 4.04. The molecule has 0 saturated carbocycles. The van der Waals surface area contributed by atoms with Crippen molar-refractivity contribution in [3.8, 4) is 0 Å². The molecule has 0 spiro atoms. The van der Waals surface area contributed by atoms with Gasteiger partial charge >= 0.3 is 0 Å². The third-order valence-electron chi connectivity index (χ3n) is 3.17. The fraction of sp³-hybridized carbons (Fsp3) is 0.286. The Morgan fingerprint density at radius 1 is 1.31 bits per heavy atom. The summed E-state index contributed by atoms with van der Waals surface area (Å²) < 4.78 is 0. The molecule has 82 valence electrons. The SMILES string of the molecule is Cc1cccc(C2NCCc3sccc32)c1. The lowest BCUT2D eigenvalue weighted by Crippen LogP contribution is -2.29. The van der Waals surface area contributed by atoms with Gasteiger partial charge in [-0.1, -0.05) is 29.8 Å². The molecule has 3 rings (SSSR count). The highest BCUT2D eigenvalue weighted by atomic mass is 32.1. The van der Waals surface area contributed by atoms with Crippen molar-refractivity contribution in [1.82, 2.24) is 5.32 Å². The zero-order valence-electron chi connectivity index (χ0n) is 9.36. The summed E-state index contributed by atoms with van der Waals surface area (Å²) in [6.45, 7) is 3.24. The monoisotopic (exact) mass is 229 g/mol. The average molecular weight is 229 g/mol. The van der Waals surface area contributed by atoms with Gasteiger partial charge in [0.25, 0.3) is 0 Å². The first kappa shape index (κ1) is 10.1. The lowest BCUT2D eigenvalue weighted by Gasteiger charge is -2.24. The van der Waals surface area contributed by atoms with E-state index < -0.39 is 0 Å². The van der Waals surface area contributed by atoms with Gasteiger partial charge in [0.15, 0.2) is 0 Å². The minimum absolute atomic E-state index is 0.398. The Morgan fingerprint density at radius 3 is 3.12 bits per heavy atom. The predicted octanol–water partition coefficient (Wildman–Crippen LogP) is 3.29.